The summed E-state index contributed by atoms with van der Waals surface area (Å²) in [6.45, 7) is 7.37. The summed E-state index contributed by atoms with van der Waals surface area (Å²) in [6, 6.07) is 0.270. The number of likely N-dealkylation sites (N-methyl/N-ethyl adjacent to an activating group) is 1. The third kappa shape index (κ3) is 4.27. The molecule has 0 spiro atoms. The zero-order valence-electron chi connectivity index (χ0n) is 13.6. The second kappa shape index (κ2) is 6.75. The number of nitrogens with one attached hydrogen (secondary N) is 2. The SMILES string of the molecule is CN(C(=O)Cc1csc(NC(=O)C(C)(C)C)n1)C1CCNC1. The molecule has 6 nitrogen and oxygen atoms in total. The zero-order valence-corrected chi connectivity index (χ0v) is 14.4. The van der Waals surface area contributed by atoms with Gasteiger partial charge in [0.1, 0.15) is 0 Å². The average molecular weight is 324 g/mol. The van der Waals surface area contributed by atoms with Crippen LogP contribution < -0.4 is 10.6 Å². The predicted molar refractivity (Wildman–Crippen MR) is 87.9 cm³/mol. The van der Waals surface area contributed by atoms with Crippen molar-refractivity contribution in [3.63, 3.8) is 0 Å². The first-order valence-corrected chi connectivity index (χ1v) is 8.37. The third-order valence-corrected chi connectivity index (χ3v) is 4.57. The molecule has 0 saturated carbocycles. The average Bonchev–Trinajstić information content (AvgIpc) is 3.08. The number of nitrogens with zero attached hydrogens (tertiary/aromatic N) is 2. The van der Waals surface area contributed by atoms with Gasteiger partial charge < -0.3 is 15.5 Å². The largest absolute Gasteiger partial charge is 0.341 e. The number of aromatic nitrogens is 1. The number of rotatable bonds is 4. The van der Waals surface area contributed by atoms with Gasteiger partial charge in [0.2, 0.25) is 11.8 Å². The van der Waals surface area contributed by atoms with Gasteiger partial charge in [-0.3, -0.25) is 9.59 Å². The summed E-state index contributed by atoms with van der Waals surface area (Å²) >= 11 is 1.35. The number of anilines is 1. The third-order valence-electron chi connectivity index (χ3n) is 3.76. The van der Waals surface area contributed by atoms with E-state index >= 15 is 0 Å². The van der Waals surface area contributed by atoms with Crippen molar-refractivity contribution in [1.29, 1.82) is 0 Å². The molecular formula is C15H24N4O2S. The lowest BCUT2D eigenvalue weighted by atomic mass is 9.96. The van der Waals surface area contributed by atoms with E-state index in [-0.39, 0.29) is 24.3 Å². The van der Waals surface area contributed by atoms with Gasteiger partial charge in [-0.2, -0.15) is 0 Å². The summed E-state index contributed by atoms with van der Waals surface area (Å²) in [7, 11) is 1.84. The van der Waals surface area contributed by atoms with Gasteiger partial charge in [-0.1, -0.05) is 20.8 Å². The topological polar surface area (TPSA) is 74.3 Å². The van der Waals surface area contributed by atoms with E-state index in [0.717, 1.165) is 19.5 Å². The smallest absolute Gasteiger partial charge is 0.231 e. The van der Waals surface area contributed by atoms with Crippen LogP contribution in [0.15, 0.2) is 5.38 Å². The van der Waals surface area contributed by atoms with Crippen LogP contribution in [0.25, 0.3) is 0 Å². The van der Waals surface area contributed by atoms with Crippen molar-refractivity contribution < 1.29 is 9.59 Å². The number of amides is 2. The first kappa shape index (κ1) is 16.9. The van der Waals surface area contributed by atoms with Gasteiger partial charge in [0, 0.05) is 30.4 Å². The predicted octanol–water partition coefficient (Wildman–Crippen LogP) is 1.49. The molecule has 1 aromatic heterocycles. The Balaban J connectivity index is 1.91. The van der Waals surface area contributed by atoms with Crippen molar-refractivity contribution in [3.05, 3.63) is 11.1 Å². The van der Waals surface area contributed by atoms with Crippen LogP contribution in [0.3, 0.4) is 0 Å². The second-order valence-electron chi connectivity index (χ2n) is 6.68. The van der Waals surface area contributed by atoms with E-state index in [0.29, 0.717) is 10.8 Å². The molecule has 0 radical (unpaired) electrons. The first-order valence-electron chi connectivity index (χ1n) is 7.49. The highest BCUT2D eigenvalue weighted by Gasteiger charge is 2.25. The van der Waals surface area contributed by atoms with Crippen LogP contribution in [0.1, 0.15) is 32.9 Å². The summed E-state index contributed by atoms with van der Waals surface area (Å²) in [6.07, 6.45) is 1.26. The maximum Gasteiger partial charge on any atom is 0.231 e. The Morgan fingerprint density at radius 1 is 1.50 bits per heavy atom. The molecule has 122 valence electrons. The minimum atomic E-state index is -0.461. The van der Waals surface area contributed by atoms with Crippen LogP contribution in [0.2, 0.25) is 0 Å². The molecule has 22 heavy (non-hydrogen) atoms. The Morgan fingerprint density at radius 2 is 2.23 bits per heavy atom. The highest BCUT2D eigenvalue weighted by atomic mass is 32.1. The minimum Gasteiger partial charge on any atom is -0.341 e. The molecule has 1 fully saturated rings. The van der Waals surface area contributed by atoms with Gasteiger partial charge in [0.15, 0.2) is 5.13 Å². The fourth-order valence-corrected chi connectivity index (χ4v) is 2.89. The fraction of sp³-hybridized carbons (Fsp3) is 0.667. The quantitative estimate of drug-likeness (QED) is 0.880. The molecule has 1 unspecified atom stereocenters. The van der Waals surface area contributed by atoms with Crippen molar-refractivity contribution >= 4 is 28.3 Å². The lowest BCUT2D eigenvalue weighted by Crippen LogP contribution is -2.39. The lowest BCUT2D eigenvalue weighted by molar-refractivity contribution is -0.131. The van der Waals surface area contributed by atoms with Crippen molar-refractivity contribution in [2.45, 2.75) is 39.7 Å². The zero-order chi connectivity index (χ0) is 16.3. The Morgan fingerprint density at radius 3 is 2.82 bits per heavy atom. The molecular weight excluding hydrogens is 300 g/mol. The standard InChI is InChI=1S/C15H24N4O2S/c1-15(2,3)13(21)18-14-17-10(9-22-14)7-12(20)19(4)11-5-6-16-8-11/h9,11,16H,5-8H2,1-4H3,(H,17,18,21). The minimum absolute atomic E-state index is 0.0627. The number of thiazole rings is 1. The van der Waals surface area contributed by atoms with Crippen molar-refractivity contribution in [3.8, 4) is 0 Å². The van der Waals surface area contributed by atoms with Crippen LogP contribution in [-0.4, -0.2) is 47.9 Å². The van der Waals surface area contributed by atoms with E-state index in [9.17, 15) is 9.59 Å². The van der Waals surface area contributed by atoms with Gasteiger partial charge in [0.25, 0.3) is 0 Å². The van der Waals surface area contributed by atoms with Gasteiger partial charge in [-0.15, -0.1) is 11.3 Å². The molecule has 1 atom stereocenters. The monoisotopic (exact) mass is 324 g/mol. The second-order valence-corrected chi connectivity index (χ2v) is 7.53. The van der Waals surface area contributed by atoms with Crippen LogP contribution in [-0.2, 0) is 16.0 Å². The fourth-order valence-electron chi connectivity index (χ4n) is 2.18. The Hall–Kier alpha value is -1.47. The molecule has 7 heteroatoms. The molecule has 2 rings (SSSR count). The molecule has 1 saturated heterocycles. The summed E-state index contributed by atoms with van der Waals surface area (Å²) in [4.78, 5) is 30.3. The van der Waals surface area contributed by atoms with Gasteiger partial charge in [-0.05, 0) is 13.0 Å². The van der Waals surface area contributed by atoms with Crippen molar-refractivity contribution in [2.75, 3.05) is 25.5 Å². The van der Waals surface area contributed by atoms with E-state index < -0.39 is 5.41 Å². The number of hydrogen-bond donors (Lipinski definition) is 2. The molecule has 1 aliphatic heterocycles. The molecule has 2 amide bonds. The molecule has 2 N–H and O–H groups in total. The van der Waals surface area contributed by atoms with Crippen molar-refractivity contribution in [1.82, 2.24) is 15.2 Å². The Bertz CT molecular complexity index is 544. The maximum atomic E-state index is 12.3. The van der Waals surface area contributed by atoms with Crippen LogP contribution in [0, 0.1) is 5.41 Å². The summed E-state index contributed by atoms with van der Waals surface area (Å²) in [5, 5.41) is 8.43. The van der Waals surface area contributed by atoms with E-state index in [1.807, 2.05) is 33.2 Å². The molecule has 2 heterocycles. The maximum absolute atomic E-state index is 12.3. The van der Waals surface area contributed by atoms with E-state index in [4.69, 9.17) is 0 Å². The summed E-state index contributed by atoms with van der Waals surface area (Å²) in [5.41, 5.74) is 0.245. The number of carbonyl (C=O) groups excluding carboxylic acids is 2. The lowest BCUT2D eigenvalue weighted by Gasteiger charge is -2.23. The van der Waals surface area contributed by atoms with E-state index in [1.54, 1.807) is 4.90 Å². The van der Waals surface area contributed by atoms with Crippen LogP contribution in [0.5, 0.6) is 0 Å². The van der Waals surface area contributed by atoms with Gasteiger partial charge >= 0.3 is 0 Å². The highest BCUT2D eigenvalue weighted by molar-refractivity contribution is 7.13. The summed E-state index contributed by atoms with van der Waals surface area (Å²) < 4.78 is 0. The summed E-state index contributed by atoms with van der Waals surface area (Å²) in [5.74, 6) is -0.0124. The highest BCUT2D eigenvalue weighted by Crippen LogP contribution is 2.21. The van der Waals surface area contributed by atoms with Gasteiger partial charge in [0.05, 0.1) is 12.1 Å². The van der Waals surface area contributed by atoms with Crippen molar-refractivity contribution in [2.24, 2.45) is 5.41 Å². The number of carbonyl (C=O) groups is 2. The first-order chi connectivity index (χ1) is 10.3. The normalized spacial score (nSPS) is 18.3. The van der Waals surface area contributed by atoms with E-state index in [2.05, 4.69) is 15.6 Å². The van der Waals surface area contributed by atoms with Crippen LogP contribution >= 0.6 is 11.3 Å². The molecule has 1 aliphatic rings. The molecule has 0 aliphatic carbocycles. The molecule has 1 aromatic rings. The van der Waals surface area contributed by atoms with E-state index in [1.165, 1.54) is 11.3 Å². The Kier molecular flexibility index (Phi) is 5.18. The molecule has 0 bridgehead atoms. The Labute approximate surface area is 135 Å². The number of hydrogen-bond acceptors (Lipinski definition) is 5. The van der Waals surface area contributed by atoms with Gasteiger partial charge in [-0.25, -0.2) is 4.98 Å². The molecule has 0 aromatic carbocycles. The van der Waals surface area contributed by atoms with Crippen LogP contribution in [0.4, 0.5) is 5.13 Å².